The Hall–Kier alpha value is -3.85. The maximum Gasteiger partial charge on any atom is 0.266 e. The van der Waals surface area contributed by atoms with Crippen LogP contribution in [0, 0.1) is 12.7 Å². The minimum atomic E-state index is -4.05. The van der Waals surface area contributed by atoms with E-state index < -0.39 is 15.8 Å². The van der Waals surface area contributed by atoms with Gasteiger partial charge in [-0.25, -0.2) is 17.8 Å². The lowest BCUT2D eigenvalue weighted by Gasteiger charge is -2.20. The Kier molecular flexibility index (Phi) is 5.83. The standard InChI is InChI=1S/C23H19FN4O3S/c1-16-14-22(27-23(26-16)17-6-5-13-25-15-17)31-19-11-9-18(10-12-19)28(2)32(29,30)21-8-4-3-7-20(21)24/h3-15H,1-2H3. The summed E-state index contributed by atoms with van der Waals surface area (Å²) in [6, 6.07) is 17.0. The van der Waals surface area contributed by atoms with Crippen molar-refractivity contribution in [1.82, 2.24) is 15.0 Å². The molecule has 0 aliphatic rings. The normalized spacial score (nSPS) is 11.2. The summed E-state index contributed by atoms with van der Waals surface area (Å²) in [5.74, 6) is 0.486. The third-order valence-electron chi connectivity index (χ3n) is 4.65. The van der Waals surface area contributed by atoms with E-state index in [-0.39, 0.29) is 4.90 Å². The number of anilines is 1. The molecule has 0 atom stereocenters. The van der Waals surface area contributed by atoms with Crippen LogP contribution in [-0.2, 0) is 10.0 Å². The second-order valence-corrected chi connectivity index (χ2v) is 8.85. The minimum absolute atomic E-state index is 0.344. The molecule has 0 unspecified atom stereocenters. The van der Waals surface area contributed by atoms with Crippen LogP contribution in [0.4, 0.5) is 10.1 Å². The van der Waals surface area contributed by atoms with E-state index in [1.165, 1.54) is 25.2 Å². The molecule has 0 aliphatic carbocycles. The molecule has 0 N–H and O–H groups in total. The molecule has 0 bridgehead atoms. The van der Waals surface area contributed by atoms with Gasteiger partial charge in [-0.3, -0.25) is 9.29 Å². The molecular weight excluding hydrogens is 431 g/mol. The molecule has 9 heteroatoms. The van der Waals surface area contributed by atoms with E-state index in [2.05, 4.69) is 15.0 Å². The Morgan fingerprint density at radius 3 is 2.41 bits per heavy atom. The van der Waals surface area contributed by atoms with Crippen molar-refractivity contribution in [1.29, 1.82) is 0 Å². The van der Waals surface area contributed by atoms with Crippen molar-refractivity contribution in [2.24, 2.45) is 0 Å². The second kappa shape index (κ2) is 8.72. The van der Waals surface area contributed by atoms with Gasteiger partial charge in [0.1, 0.15) is 16.5 Å². The Bertz CT molecular complexity index is 1350. The molecule has 0 spiro atoms. The third-order valence-corrected chi connectivity index (χ3v) is 6.47. The van der Waals surface area contributed by atoms with Crippen LogP contribution in [0.2, 0.25) is 0 Å². The van der Waals surface area contributed by atoms with Gasteiger partial charge in [-0.1, -0.05) is 12.1 Å². The summed E-state index contributed by atoms with van der Waals surface area (Å²) in [5.41, 5.74) is 1.84. The molecule has 7 nitrogen and oxygen atoms in total. The smallest absolute Gasteiger partial charge is 0.266 e. The highest BCUT2D eigenvalue weighted by atomic mass is 32.2. The van der Waals surface area contributed by atoms with Crippen LogP contribution in [0.5, 0.6) is 11.6 Å². The quantitative estimate of drug-likeness (QED) is 0.427. The number of hydrogen-bond acceptors (Lipinski definition) is 6. The zero-order valence-electron chi connectivity index (χ0n) is 17.3. The summed E-state index contributed by atoms with van der Waals surface area (Å²) in [4.78, 5) is 12.5. The summed E-state index contributed by atoms with van der Waals surface area (Å²) in [5, 5.41) is 0. The number of hydrogen-bond donors (Lipinski definition) is 0. The number of nitrogens with zero attached hydrogens (tertiary/aromatic N) is 4. The first-order valence-corrected chi connectivity index (χ1v) is 11.1. The molecular formula is C23H19FN4O3S. The van der Waals surface area contributed by atoms with Gasteiger partial charge in [-0.15, -0.1) is 0 Å². The van der Waals surface area contributed by atoms with Crippen molar-refractivity contribution < 1.29 is 17.5 Å². The van der Waals surface area contributed by atoms with E-state index in [1.807, 2.05) is 13.0 Å². The van der Waals surface area contributed by atoms with Crippen molar-refractivity contribution in [2.75, 3.05) is 11.4 Å². The maximum atomic E-state index is 14.0. The number of aryl methyl sites for hydroxylation is 1. The van der Waals surface area contributed by atoms with E-state index in [0.29, 0.717) is 23.1 Å². The molecule has 32 heavy (non-hydrogen) atoms. The first-order valence-electron chi connectivity index (χ1n) is 9.62. The van der Waals surface area contributed by atoms with Gasteiger partial charge in [0.15, 0.2) is 5.82 Å². The van der Waals surface area contributed by atoms with Gasteiger partial charge >= 0.3 is 0 Å². The van der Waals surface area contributed by atoms with Crippen molar-refractivity contribution in [2.45, 2.75) is 11.8 Å². The van der Waals surface area contributed by atoms with Crippen molar-refractivity contribution in [3.63, 3.8) is 0 Å². The Morgan fingerprint density at radius 2 is 1.72 bits per heavy atom. The minimum Gasteiger partial charge on any atom is -0.439 e. The highest BCUT2D eigenvalue weighted by Gasteiger charge is 2.24. The molecule has 0 amide bonds. The predicted molar refractivity (Wildman–Crippen MR) is 119 cm³/mol. The van der Waals surface area contributed by atoms with Gasteiger partial charge in [-0.2, -0.15) is 4.98 Å². The summed E-state index contributed by atoms with van der Waals surface area (Å²) >= 11 is 0. The van der Waals surface area contributed by atoms with Gasteiger partial charge in [0.05, 0.1) is 5.69 Å². The zero-order chi connectivity index (χ0) is 22.7. The summed E-state index contributed by atoms with van der Waals surface area (Å²) in [6.07, 6.45) is 3.33. The van der Waals surface area contributed by atoms with Crippen LogP contribution < -0.4 is 9.04 Å². The van der Waals surface area contributed by atoms with E-state index in [9.17, 15) is 12.8 Å². The lowest BCUT2D eigenvalue weighted by atomic mass is 10.2. The van der Waals surface area contributed by atoms with Crippen molar-refractivity contribution in [3.05, 3.63) is 90.6 Å². The molecule has 0 radical (unpaired) electrons. The summed E-state index contributed by atoms with van der Waals surface area (Å²) in [6.45, 7) is 1.83. The van der Waals surface area contributed by atoms with E-state index in [0.717, 1.165) is 21.6 Å². The molecule has 2 aromatic carbocycles. The molecule has 4 aromatic rings. The summed E-state index contributed by atoms with van der Waals surface area (Å²) in [7, 11) is -2.68. The van der Waals surface area contributed by atoms with Crippen LogP contribution in [-0.4, -0.2) is 30.4 Å². The molecule has 4 rings (SSSR count). The predicted octanol–water partition coefficient (Wildman–Crippen LogP) is 4.60. The molecule has 2 heterocycles. The Labute approximate surface area is 185 Å². The number of pyridine rings is 1. The first-order chi connectivity index (χ1) is 15.3. The van der Waals surface area contributed by atoms with E-state index in [4.69, 9.17) is 4.74 Å². The SMILES string of the molecule is Cc1cc(Oc2ccc(N(C)S(=O)(=O)c3ccccc3F)cc2)nc(-c2cccnc2)n1. The van der Waals surface area contributed by atoms with Crippen LogP contribution in [0.25, 0.3) is 11.4 Å². The molecule has 2 aromatic heterocycles. The number of ether oxygens (including phenoxy) is 1. The molecule has 0 saturated heterocycles. The van der Waals surface area contributed by atoms with Gasteiger partial charge in [0.2, 0.25) is 5.88 Å². The van der Waals surface area contributed by atoms with E-state index in [1.54, 1.807) is 48.8 Å². The van der Waals surface area contributed by atoms with Crippen LogP contribution in [0.15, 0.2) is 84.0 Å². The van der Waals surface area contributed by atoms with E-state index >= 15 is 0 Å². The summed E-state index contributed by atoms with van der Waals surface area (Å²) < 4.78 is 46.4. The van der Waals surface area contributed by atoms with Crippen molar-refractivity contribution >= 4 is 15.7 Å². The Balaban J connectivity index is 1.56. The zero-order valence-corrected chi connectivity index (χ0v) is 18.1. The highest BCUT2D eigenvalue weighted by molar-refractivity contribution is 7.92. The second-order valence-electron chi connectivity index (χ2n) is 6.91. The fourth-order valence-corrected chi connectivity index (χ4v) is 4.26. The number of aromatic nitrogens is 3. The fourth-order valence-electron chi connectivity index (χ4n) is 3.00. The van der Waals surface area contributed by atoms with Crippen LogP contribution >= 0.6 is 0 Å². The third kappa shape index (κ3) is 4.42. The topological polar surface area (TPSA) is 85.3 Å². The largest absolute Gasteiger partial charge is 0.439 e. The highest BCUT2D eigenvalue weighted by Crippen LogP contribution is 2.28. The van der Waals surface area contributed by atoms with Crippen LogP contribution in [0.1, 0.15) is 5.69 Å². The van der Waals surface area contributed by atoms with Crippen LogP contribution in [0.3, 0.4) is 0 Å². The van der Waals surface area contributed by atoms with Crippen molar-refractivity contribution in [3.8, 4) is 23.0 Å². The molecule has 162 valence electrons. The number of benzene rings is 2. The molecule has 0 aliphatic heterocycles. The maximum absolute atomic E-state index is 14.0. The van der Waals surface area contributed by atoms with Gasteiger partial charge in [0, 0.05) is 36.8 Å². The lowest BCUT2D eigenvalue weighted by Crippen LogP contribution is -2.27. The first kappa shape index (κ1) is 21.4. The molecule has 0 saturated carbocycles. The fraction of sp³-hybridized carbons (Fsp3) is 0.0870. The van der Waals surface area contributed by atoms with Gasteiger partial charge in [-0.05, 0) is 55.5 Å². The number of rotatable bonds is 6. The number of sulfonamides is 1. The Morgan fingerprint density at radius 1 is 0.969 bits per heavy atom. The lowest BCUT2D eigenvalue weighted by molar-refractivity contribution is 0.461. The average Bonchev–Trinajstić information content (AvgIpc) is 2.79. The monoisotopic (exact) mass is 450 g/mol. The average molecular weight is 450 g/mol. The number of halogens is 1. The van der Waals surface area contributed by atoms with Gasteiger partial charge < -0.3 is 4.74 Å². The molecule has 0 fully saturated rings. The van der Waals surface area contributed by atoms with Gasteiger partial charge in [0.25, 0.3) is 10.0 Å².